The molecule has 1 aliphatic rings. The van der Waals surface area contributed by atoms with Crippen molar-refractivity contribution < 1.29 is 9.63 Å². The molecule has 6 nitrogen and oxygen atoms in total. The molecule has 1 aliphatic heterocycles. The molecule has 0 spiro atoms. The van der Waals surface area contributed by atoms with Gasteiger partial charge in [-0.25, -0.2) is 0 Å². The van der Waals surface area contributed by atoms with E-state index < -0.39 is 0 Å². The molecule has 1 aromatic rings. The Morgan fingerprint density at radius 3 is 2.90 bits per heavy atom. The zero-order valence-corrected chi connectivity index (χ0v) is 12.5. The first-order chi connectivity index (χ1) is 9.61. The lowest BCUT2D eigenvalue weighted by atomic mass is 10.1. The minimum absolute atomic E-state index is 0.235. The summed E-state index contributed by atoms with van der Waals surface area (Å²) in [6.07, 6.45) is 1.40. The van der Waals surface area contributed by atoms with Crippen LogP contribution in [0.1, 0.15) is 30.4 Å². The first kappa shape index (κ1) is 14.8. The number of aromatic nitrogens is 1. The fourth-order valence-corrected chi connectivity index (χ4v) is 2.49. The molecule has 2 heterocycles. The lowest BCUT2D eigenvalue weighted by Crippen LogP contribution is -2.40. The highest BCUT2D eigenvalue weighted by Gasteiger charge is 2.22. The molecule has 2 rings (SSSR count). The molecule has 0 unspecified atom stereocenters. The van der Waals surface area contributed by atoms with E-state index in [-0.39, 0.29) is 6.10 Å². The smallest absolute Gasteiger partial charge is 0.194 e. The zero-order valence-electron chi connectivity index (χ0n) is 12.5. The fourth-order valence-electron chi connectivity index (χ4n) is 2.49. The number of aryl methyl sites for hydroxylation is 2. The maximum Gasteiger partial charge on any atom is 0.194 e. The molecule has 20 heavy (non-hydrogen) atoms. The summed E-state index contributed by atoms with van der Waals surface area (Å²) in [5, 5.41) is 16.9. The molecule has 0 bridgehead atoms. The van der Waals surface area contributed by atoms with Gasteiger partial charge in [0.2, 0.25) is 0 Å². The summed E-state index contributed by atoms with van der Waals surface area (Å²) >= 11 is 0. The van der Waals surface area contributed by atoms with E-state index in [0.29, 0.717) is 13.1 Å². The van der Waals surface area contributed by atoms with Crippen molar-refractivity contribution in [3.8, 4) is 0 Å². The number of nitrogens with zero attached hydrogens (tertiary/aromatic N) is 3. The molecule has 0 amide bonds. The predicted molar refractivity (Wildman–Crippen MR) is 77.9 cm³/mol. The Labute approximate surface area is 119 Å². The highest BCUT2D eigenvalue weighted by atomic mass is 16.5. The van der Waals surface area contributed by atoms with Gasteiger partial charge in [0.25, 0.3) is 0 Å². The third-order valence-corrected chi connectivity index (χ3v) is 3.60. The third-order valence-electron chi connectivity index (χ3n) is 3.60. The number of guanidine groups is 1. The molecule has 2 N–H and O–H groups in total. The molecule has 1 saturated heterocycles. The average Bonchev–Trinajstić information content (AvgIpc) is 2.97. The molecule has 1 aromatic heterocycles. The van der Waals surface area contributed by atoms with Gasteiger partial charge in [-0.05, 0) is 33.6 Å². The van der Waals surface area contributed by atoms with E-state index >= 15 is 0 Å². The fraction of sp³-hybridized carbons (Fsp3) is 0.714. The van der Waals surface area contributed by atoms with E-state index in [1.165, 1.54) is 0 Å². The Kier molecular flexibility index (Phi) is 5.00. The number of likely N-dealkylation sites (tertiary alicyclic amines) is 1. The second-order valence-corrected chi connectivity index (χ2v) is 5.18. The molecule has 1 fully saturated rings. The van der Waals surface area contributed by atoms with Crippen LogP contribution in [-0.2, 0) is 6.42 Å². The lowest BCUT2D eigenvalue weighted by molar-refractivity contribution is 0.188. The molecule has 0 aliphatic carbocycles. The second kappa shape index (κ2) is 6.74. The monoisotopic (exact) mass is 280 g/mol. The standard InChI is InChI=1S/C14H24N4O2/c1-4-15-14(18-8-6-12(19)9-18)16-7-5-13-10(2)17-20-11(13)3/h12,19H,4-9H2,1-3H3,(H,15,16)/t12-/m1/s1. The Morgan fingerprint density at radius 2 is 2.35 bits per heavy atom. The number of rotatable bonds is 4. The minimum Gasteiger partial charge on any atom is -0.391 e. The van der Waals surface area contributed by atoms with Crippen molar-refractivity contribution in [2.75, 3.05) is 26.2 Å². The van der Waals surface area contributed by atoms with Gasteiger partial charge >= 0.3 is 0 Å². The van der Waals surface area contributed by atoms with E-state index in [2.05, 4.69) is 27.3 Å². The molecule has 6 heteroatoms. The van der Waals surface area contributed by atoms with Crippen molar-refractivity contribution in [1.82, 2.24) is 15.4 Å². The summed E-state index contributed by atoms with van der Waals surface area (Å²) in [6.45, 7) is 8.99. The molecule has 0 saturated carbocycles. The van der Waals surface area contributed by atoms with E-state index in [0.717, 1.165) is 48.9 Å². The summed E-state index contributed by atoms with van der Waals surface area (Å²) in [7, 11) is 0. The Balaban J connectivity index is 1.96. The van der Waals surface area contributed by atoms with Gasteiger partial charge in [-0.3, -0.25) is 4.99 Å². The summed E-state index contributed by atoms with van der Waals surface area (Å²) in [5.41, 5.74) is 2.09. The van der Waals surface area contributed by atoms with Crippen LogP contribution in [-0.4, -0.2) is 53.4 Å². The first-order valence-corrected chi connectivity index (χ1v) is 7.25. The van der Waals surface area contributed by atoms with Crippen LogP contribution in [0.4, 0.5) is 0 Å². The van der Waals surface area contributed by atoms with Crippen LogP contribution in [0.15, 0.2) is 9.52 Å². The predicted octanol–water partition coefficient (Wildman–Crippen LogP) is 0.866. The summed E-state index contributed by atoms with van der Waals surface area (Å²) in [5.74, 6) is 1.76. The number of hydrogen-bond acceptors (Lipinski definition) is 4. The highest BCUT2D eigenvalue weighted by molar-refractivity contribution is 5.80. The van der Waals surface area contributed by atoms with Crippen LogP contribution in [0.5, 0.6) is 0 Å². The van der Waals surface area contributed by atoms with Gasteiger partial charge < -0.3 is 19.8 Å². The van der Waals surface area contributed by atoms with Crippen LogP contribution >= 0.6 is 0 Å². The van der Waals surface area contributed by atoms with Gasteiger partial charge in [0, 0.05) is 31.7 Å². The molecular formula is C14H24N4O2. The van der Waals surface area contributed by atoms with Gasteiger partial charge in [-0.2, -0.15) is 0 Å². The lowest BCUT2D eigenvalue weighted by Gasteiger charge is -2.20. The largest absolute Gasteiger partial charge is 0.391 e. The van der Waals surface area contributed by atoms with E-state index in [1.807, 2.05) is 13.8 Å². The van der Waals surface area contributed by atoms with Crippen LogP contribution < -0.4 is 5.32 Å². The van der Waals surface area contributed by atoms with E-state index in [9.17, 15) is 5.11 Å². The van der Waals surface area contributed by atoms with Gasteiger partial charge in [0.1, 0.15) is 5.76 Å². The maximum absolute atomic E-state index is 9.62. The molecule has 0 radical (unpaired) electrons. The normalized spacial score (nSPS) is 19.7. The quantitative estimate of drug-likeness (QED) is 0.632. The van der Waals surface area contributed by atoms with Gasteiger partial charge in [0.05, 0.1) is 11.8 Å². The number of aliphatic hydroxyl groups excluding tert-OH is 1. The topological polar surface area (TPSA) is 73.9 Å². The third kappa shape index (κ3) is 3.50. The van der Waals surface area contributed by atoms with Crippen LogP contribution in [0.2, 0.25) is 0 Å². The SMILES string of the molecule is CCNC(=NCCc1c(C)noc1C)N1CC[C@@H](O)C1. The van der Waals surface area contributed by atoms with Crippen molar-refractivity contribution in [3.05, 3.63) is 17.0 Å². The summed E-state index contributed by atoms with van der Waals surface area (Å²) < 4.78 is 5.16. The van der Waals surface area contributed by atoms with Crippen molar-refractivity contribution >= 4 is 5.96 Å². The zero-order chi connectivity index (χ0) is 14.5. The summed E-state index contributed by atoms with van der Waals surface area (Å²) in [6, 6.07) is 0. The average molecular weight is 280 g/mol. The Morgan fingerprint density at radius 1 is 1.55 bits per heavy atom. The molecule has 0 aromatic carbocycles. The number of hydrogen-bond donors (Lipinski definition) is 2. The Bertz CT molecular complexity index is 450. The van der Waals surface area contributed by atoms with Crippen LogP contribution in [0.3, 0.4) is 0 Å². The molecular weight excluding hydrogens is 256 g/mol. The Hall–Kier alpha value is -1.56. The van der Waals surface area contributed by atoms with Crippen LogP contribution in [0.25, 0.3) is 0 Å². The maximum atomic E-state index is 9.62. The summed E-state index contributed by atoms with van der Waals surface area (Å²) in [4.78, 5) is 6.75. The van der Waals surface area contributed by atoms with Crippen molar-refractivity contribution in [3.63, 3.8) is 0 Å². The van der Waals surface area contributed by atoms with E-state index in [4.69, 9.17) is 4.52 Å². The number of β-amino-alcohol motifs (C(OH)–C–C–N with tert-alkyl or cyclic N) is 1. The van der Waals surface area contributed by atoms with Gasteiger partial charge in [0.15, 0.2) is 5.96 Å². The highest BCUT2D eigenvalue weighted by Crippen LogP contribution is 2.13. The number of aliphatic hydroxyl groups is 1. The molecule has 1 atom stereocenters. The van der Waals surface area contributed by atoms with E-state index in [1.54, 1.807) is 0 Å². The number of aliphatic imine (C=N–C) groups is 1. The van der Waals surface area contributed by atoms with Crippen molar-refractivity contribution in [2.24, 2.45) is 4.99 Å². The van der Waals surface area contributed by atoms with Crippen molar-refractivity contribution in [1.29, 1.82) is 0 Å². The first-order valence-electron chi connectivity index (χ1n) is 7.25. The molecule has 112 valence electrons. The van der Waals surface area contributed by atoms with Crippen LogP contribution in [0, 0.1) is 13.8 Å². The number of nitrogens with one attached hydrogen (secondary N) is 1. The van der Waals surface area contributed by atoms with Crippen molar-refractivity contribution in [2.45, 2.75) is 39.7 Å². The second-order valence-electron chi connectivity index (χ2n) is 5.18. The van der Waals surface area contributed by atoms with Gasteiger partial charge in [-0.1, -0.05) is 5.16 Å². The van der Waals surface area contributed by atoms with Gasteiger partial charge in [-0.15, -0.1) is 0 Å². The minimum atomic E-state index is -0.235.